The molecule has 0 radical (unpaired) electrons. The Morgan fingerprint density at radius 2 is 2.43 bits per heavy atom. The van der Waals surface area contributed by atoms with Crippen LogP contribution < -0.4 is 5.73 Å². The molecule has 1 saturated carbocycles. The number of nitrogens with two attached hydrogens (primary N) is 1. The van der Waals surface area contributed by atoms with Crippen molar-refractivity contribution in [2.75, 3.05) is 0 Å². The van der Waals surface area contributed by atoms with Gasteiger partial charge in [0.25, 0.3) is 0 Å². The highest BCUT2D eigenvalue weighted by Gasteiger charge is 2.36. The minimum atomic E-state index is -0.466. The van der Waals surface area contributed by atoms with E-state index in [1.807, 2.05) is 0 Å². The lowest BCUT2D eigenvalue weighted by molar-refractivity contribution is 0.416. The van der Waals surface area contributed by atoms with Crippen molar-refractivity contribution in [3.8, 4) is 0 Å². The first kappa shape index (κ1) is 9.59. The molecule has 76 valence electrons. The average molecular weight is 194 g/mol. The van der Waals surface area contributed by atoms with Crippen LogP contribution in [0.5, 0.6) is 0 Å². The highest BCUT2D eigenvalue weighted by Crippen LogP contribution is 2.40. The molecule has 1 heterocycles. The summed E-state index contributed by atoms with van der Waals surface area (Å²) < 4.78 is 13.5. The molecule has 2 nitrogen and oxygen atoms in total. The molecule has 2 atom stereocenters. The highest BCUT2D eigenvalue weighted by molar-refractivity contribution is 5.24. The van der Waals surface area contributed by atoms with Crippen molar-refractivity contribution in [2.24, 2.45) is 11.7 Å². The van der Waals surface area contributed by atoms with Crippen LogP contribution >= 0.6 is 0 Å². The van der Waals surface area contributed by atoms with Gasteiger partial charge in [0.15, 0.2) is 0 Å². The monoisotopic (exact) mass is 194 g/mol. The number of pyridine rings is 1. The Bertz CT molecular complexity index is 340. The zero-order valence-corrected chi connectivity index (χ0v) is 8.33. The standard InChI is InChI=1S/C11H15FN2/c1-8-2-4-11(13,6-8)9-3-5-14-7-10(9)12/h3,5,7-8H,2,4,6,13H2,1H3. The lowest BCUT2D eigenvalue weighted by atomic mass is 9.89. The maximum Gasteiger partial charge on any atom is 0.146 e. The van der Waals surface area contributed by atoms with Crippen LogP contribution in [-0.2, 0) is 5.54 Å². The summed E-state index contributed by atoms with van der Waals surface area (Å²) in [6.45, 7) is 2.16. The minimum absolute atomic E-state index is 0.274. The maximum absolute atomic E-state index is 13.5. The third-order valence-corrected chi connectivity index (χ3v) is 3.10. The normalized spacial score (nSPS) is 32.1. The van der Waals surface area contributed by atoms with E-state index in [0.717, 1.165) is 19.3 Å². The van der Waals surface area contributed by atoms with Crippen molar-refractivity contribution in [3.05, 3.63) is 29.8 Å². The van der Waals surface area contributed by atoms with Gasteiger partial charge in [-0.3, -0.25) is 4.98 Å². The van der Waals surface area contributed by atoms with Gasteiger partial charge in [-0.1, -0.05) is 6.92 Å². The lowest BCUT2D eigenvalue weighted by Gasteiger charge is -2.24. The first-order chi connectivity index (χ1) is 6.62. The fraction of sp³-hybridized carbons (Fsp3) is 0.545. The van der Waals surface area contributed by atoms with Crippen LogP contribution in [-0.4, -0.2) is 4.98 Å². The summed E-state index contributed by atoms with van der Waals surface area (Å²) in [6, 6.07) is 1.70. The van der Waals surface area contributed by atoms with Gasteiger partial charge >= 0.3 is 0 Å². The molecule has 0 saturated heterocycles. The van der Waals surface area contributed by atoms with Crippen molar-refractivity contribution in [2.45, 2.75) is 31.7 Å². The number of hydrogen-bond donors (Lipinski definition) is 1. The molecule has 0 spiro atoms. The van der Waals surface area contributed by atoms with E-state index in [9.17, 15) is 4.39 Å². The summed E-state index contributed by atoms with van der Waals surface area (Å²) in [5.74, 6) is 0.316. The molecule has 1 aliphatic rings. The van der Waals surface area contributed by atoms with E-state index in [4.69, 9.17) is 5.73 Å². The molecular formula is C11H15FN2. The van der Waals surface area contributed by atoms with Gasteiger partial charge in [0.05, 0.1) is 6.20 Å². The first-order valence-electron chi connectivity index (χ1n) is 5.01. The highest BCUT2D eigenvalue weighted by atomic mass is 19.1. The topological polar surface area (TPSA) is 38.9 Å². The van der Waals surface area contributed by atoms with Crippen molar-refractivity contribution < 1.29 is 4.39 Å². The van der Waals surface area contributed by atoms with E-state index in [0.29, 0.717) is 11.5 Å². The molecule has 2 unspecified atom stereocenters. The molecule has 0 aliphatic heterocycles. The molecule has 3 heteroatoms. The molecule has 14 heavy (non-hydrogen) atoms. The maximum atomic E-state index is 13.5. The SMILES string of the molecule is CC1CCC(N)(c2ccncc2F)C1. The second-order valence-corrected chi connectivity index (χ2v) is 4.36. The van der Waals surface area contributed by atoms with Crippen LogP contribution in [0.3, 0.4) is 0 Å². The molecular weight excluding hydrogens is 179 g/mol. The zero-order chi connectivity index (χ0) is 10.2. The predicted molar refractivity (Wildman–Crippen MR) is 53.1 cm³/mol. The van der Waals surface area contributed by atoms with Gasteiger partial charge in [-0.15, -0.1) is 0 Å². The average Bonchev–Trinajstić information content (AvgIpc) is 2.48. The molecule has 1 aromatic heterocycles. The summed E-state index contributed by atoms with van der Waals surface area (Å²) >= 11 is 0. The third-order valence-electron chi connectivity index (χ3n) is 3.10. The Morgan fingerprint density at radius 3 is 3.00 bits per heavy atom. The molecule has 1 aromatic rings. The van der Waals surface area contributed by atoms with Crippen molar-refractivity contribution in [1.29, 1.82) is 0 Å². The quantitative estimate of drug-likeness (QED) is 0.744. The molecule has 2 N–H and O–H groups in total. The van der Waals surface area contributed by atoms with Crippen molar-refractivity contribution in [1.82, 2.24) is 4.98 Å². The van der Waals surface area contributed by atoms with Crippen molar-refractivity contribution >= 4 is 0 Å². The predicted octanol–water partition coefficient (Wildman–Crippen LogP) is 2.19. The largest absolute Gasteiger partial charge is 0.321 e. The van der Waals surface area contributed by atoms with E-state index in [1.165, 1.54) is 6.20 Å². The van der Waals surface area contributed by atoms with Crippen LogP contribution in [0.1, 0.15) is 31.7 Å². The molecule has 0 aromatic carbocycles. The Balaban J connectivity index is 2.35. The van der Waals surface area contributed by atoms with Crippen molar-refractivity contribution in [3.63, 3.8) is 0 Å². The fourth-order valence-electron chi connectivity index (χ4n) is 2.35. The van der Waals surface area contributed by atoms with Gasteiger partial charge in [0.2, 0.25) is 0 Å². The Labute approximate surface area is 83.3 Å². The van der Waals surface area contributed by atoms with Crippen LogP contribution in [0.4, 0.5) is 4.39 Å². The zero-order valence-electron chi connectivity index (χ0n) is 8.33. The summed E-state index contributed by atoms with van der Waals surface area (Å²) in [5.41, 5.74) is 6.36. The molecule has 0 amide bonds. The number of rotatable bonds is 1. The number of aromatic nitrogens is 1. The Morgan fingerprint density at radius 1 is 1.64 bits per heavy atom. The molecule has 1 fully saturated rings. The van der Waals surface area contributed by atoms with E-state index in [1.54, 1.807) is 12.3 Å². The summed E-state index contributed by atoms with van der Waals surface area (Å²) in [5, 5.41) is 0. The van der Waals surface area contributed by atoms with Gasteiger partial charge in [0, 0.05) is 17.3 Å². The third kappa shape index (κ3) is 1.52. The fourth-order valence-corrected chi connectivity index (χ4v) is 2.35. The Hall–Kier alpha value is -0.960. The van der Waals surface area contributed by atoms with Crippen LogP contribution in [0.2, 0.25) is 0 Å². The summed E-state index contributed by atoms with van der Waals surface area (Å²) in [7, 11) is 0. The summed E-state index contributed by atoms with van der Waals surface area (Å²) in [6.07, 6.45) is 5.67. The Kier molecular flexibility index (Phi) is 2.27. The van der Waals surface area contributed by atoms with Gasteiger partial charge < -0.3 is 5.73 Å². The molecule has 1 aliphatic carbocycles. The number of nitrogens with zero attached hydrogens (tertiary/aromatic N) is 1. The number of hydrogen-bond acceptors (Lipinski definition) is 2. The van der Waals surface area contributed by atoms with Gasteiger partial charge in [-0.05, 0) is 31.2 Å². The van der Waals surface area contributed by atoms with Crippen LogP contribution in [0, 0.1) is 11.7 Å². The van der Waals surface area contributed by atoms with Crippen LogP contribution in [0.25, 0.3) is 0 Å². The second-order valence-electron chi connectivity index (χ2n) is 4.36. The smallest absolute Gasteiger partial charge is 0.146 e. The number of halogens is 1. The lowest BCUT2D eigenvalue weighted by Crippen LogP contribution is -2.34. The van der Waals surface area contributed by atoms with E-state index in [-0.39, 0.29) is 5.82 Å². The minimum Gasteiger partial charge on any atom is -0.321 e. The van der Waals surface area contributed by atoms with Gasteiger partial charge in [-0.25, -0.2) is 4.39 Å². The van der Waals surface area contributed by atoms with E-state index in [2.05, 4.69) is 11.9 Å². The van der Waals surface area contributed by atoms with E-state index < -0.39 is 5.54 Å². The summed E-state index contributed by atoms with van der Waals surface area (Å²) in [4.78, 5) is 3.74. The van der Waals surface area contributed by atoms with Gasteiger partial charge in [-0.2, -0.15) is 0 Å². The van der Waals surface area contributed by atoms with Gasteiger partial charge in [0.1, 0.15) is 5.82 Å². The first-order valence-corrected chi connectivity index (χ1v) is 5.01. The van der Waals surface area contributed by atoms with Crippen LogP contribution in [0.15, 0.2) is 18.5 Å². The van der Waals surface area contributed by atoms with E-state index >= 15 is 0 Å². The molecule has 0 bridgehead atoms. The second kappa shape index (κ2) is 3.31. The molecule has 2 rings (SSSR count).